The van der Waals surface area contributed by atoms with Gasteiger partial charge in [0.1, 0.15) is 0 Å². The first-order valence-corrected chi connectivity index (χ1v) is 7.17. The zero-order valence-electron chi connectivity index (χ0n) is 11.6. The van der Waals surface area contributed by atoms with Crippen LogP contribution in [0.4, 0.5) is 0 Å². The summed E-state index contributed by atoms with van der Waals surface area (Å²) in [7, 11) is 0. The van der Waals surface area contributed by atoms with Crippen LogP contribution in [0.2, 0.25) is 5.28 Å². The maximum absolute atomic E-state index is 5.95. The molecule has 3 aromatic rings. The minimum atomic E-state index is 0.138. The number of fused-ring (bicyclic) bond motifs is 1. The molecule has 0 aliphatic heterocycles. The van der Waals surface area contributed by atoms with Gasteiger partial charge < -0.3 is 4.74 Å². The first-order chi connectivity index (χ1) is 10.3. The molecule has 0 unspecified atom stereocenters. The molecule has 106 valence electrons. The van der Waals surface area contributed by atoms with Gasteiger partial charge in [-0.3, -0.25) is 0 Å². The molecule has 1 heterocycles. The third-order valence-corrected chi connectivity index (χ3v) is 3.20. The van der Waals surface area contributed by atoms with E-state index in [9.17, 15) is 0 Å². The molecule has 0 saturated heterocycles. The van der Waals surface area contributed by atoms with E-state index in [1.807, 2.05) is 37.3 Å². The van der Waals surface area contributed by atoms with Crippen LogP contribution in [0, 0.1) is 0 Å². The van der Waals surface area contributed by atoms with Crippen molar-refractivity contribution >= 4 is 22.4 Å². The molecule has 0 radical (unpaired) electrons. The van der Waals surface area contributed by atoms with Crippen LogP contribution in [-0.4, -0.2) is 21.6 Å². The van der Waals surface area contributed by atoms with E-state index >= 15 is 0 Å². The zero-order chi connectivity index (χ0) is 14.7. The van der Waals surface area contributed by atoms with Crippen molar-refractivity contribution in [3.05, 3.63) is 47.7 Å². The molecule has 4 nitrogen and oxygen atoms in total. The van der Waals surface area contributed by atoms with Gasteiger partial charge in [0.2, 0.25) is 5.28 Å². The van der Waals surface area contributed by atoms with Crippen LogP contribution in [0.15, 0.2) is 42.5 Å². The van der Waals surface area contributed by atoms with E-state index in [0.29, 0.717) is 12.4 Å². The summed E-state index contributed by atoms with van der Waals surface area (Å²) < 4.78 is 5.44. The number of ether oxygens (including phenoxy) is 1. The van der Waals surface area contributed by atoms with E-state index in [1.54, 1.807) is 0 Å². The first-order valence-electron chi connectivity index (χ1n) is 6.80. The summed E-state index contributed by atoms with van der Waals surface area (Å²) in [5, 5.41) is 2.44. The molecule has 0 amide bonds. The van der Waals surface area contributed by atoms with Gasteiger partial charge in [-0.2, -0.15) is 15.0 Å². The monoisotopic (exact) mass is 299 g/mol. The highest BCUT2D eigenvalue weighted by atomic mass is 35.5. The molecule has 0 aliphatic rings. The number of hydrogen-bond acceptors (Lipinski definition) is 4. The third-order valence-electron chi connectivity index (χ3n) is 3.03. The highest BCUT2D eigenvalue weighted by Gasteiger charge is 2.08. The molecule has 0 saturated carbocycles. The van der Waals surface area contributed by atoms with Crippen molar-refractivity contribution in [3.8, 4) is 17.4 Å². The Morgan fingerprint density at radius 3 is 2.62 bits per heavy atom. The summed E-state index contributed by atoms with van der Waals surface area (Å²) in [5.41, 5.74) is 0.888. The van der Waals surface area contributed by atoms with Crippen molar-refractivity contribution in [2.45, 2.75) is 13.3 Å². The van der Waals surface area contributed by atoms with Crippen LogP contribution < -0.4 is 4.74 Å². The molecule has 0 spiro atoms. The van der Waals surface area contributed by atoms with Gasteiger partial charge in [0.15, 0.2) is 5.82 Å². The minimum Gasteiger partial charge on any atom is -0.463 e. The zero-order valence-corrected chi connectivity index (χ0v) is 12.3. The second kappa shape index (κ2) is 6.06. The lowest BCUT2D eigenvalue weighted by atomic mass is 10.1. The van der Waals surface area contributed by atoms with Crippen molar-refractivity contribution in [3.63, 3.8) is 0 Å². The Labute approximate surface area is 127 Å². The molecular weight excluding hydrogens is 286 g/mol. The SMILES string of the molecule is CCCOc1nc(Cl)nc(-c2ccc3ccccc3c2)n1. The quantitative estimate of drug-likeness (QED) is 0.726. The number of nitrogens with zero attached hydrogens (tertiary/aromatic N) is 3. The lowest BCUT2D eigenvalue weighted by Gasteiger charge is -2.06. The van der Waals surface area contributed by atoms with Gasteiger partial charge in [0, 0.05) is 5.56 Å². The normalized spacial score (nSPS) is 10.8. The summed E-state index contributed by atoms with van der Waals surface area (Å²) in [6.45, 7) is 2.57. The predicted molar refractivity (Wildman–Crippen MR) is 83.6 cm³/mol. The van der Waals surface area contributed by atoms with Crippen LogP contribution in [0.1, 0.15) is 13.3 Å². The Bertz CT molecular complexity index is 776. The number of benzene rings is 2. The number of hydrogen-bond donors (Lipinski definition) is 0. The molecule has 0 atom stereocenters. The fourth-order valence-electron chi connectivity index (χ4n) is 2.05. The highest BCUT2D eigenvalue weighted by Crippen LogP contribution is 2.23. The lowest BCUT2D eigenvalue weighted by Crippen LogP contribution is -2.02. The smallest absolute Gasteiger partial charge is 0.321 e. The van der Waals surface area contributed by atoms with Gasteiger partial charge in [-0.15, -0.1) is 0 Å². The van der Waals surface area contributed by atoms with Crippen molar-refractivity contribution in [1.29, 1.82) is 0 Å². The van der Waals surface area contributed by atoms with Crippen LogP contribution in [0.25, 0.3) is 22.2 Å². The van der Waals surface area contributed by atoms with Crippen molar-refractivity contribution in [1.82, 2.24) is 15.0 Å². The molecule has 2 aromatic carbocycles. The Morgan fingerprint density at radius 1 is 1.00 bits per heavy atom. The highest BCUT2D eigenvalue weighted by molar-refractivity contribution is 6.28. The number of halogens is 1. The van der Waals surface area contributed by atoms with E-state index in [-0.39, 0.29) is 11.3 Å². The van der Waals surface area contributed by atoms with Crippen LogP contribution in [0.3, 0.4) is 0 Å². The first kappa shape index (κ1) is 13.8. The van der Waals surface area contributed by atoms with Crippen molar-refractivity contribution in [2.75, 3.05) is 6.61 Å². The van der Waals surface area contributed by atoms with Crippen molar-refractivity contribution < 1.29 is 4.74 Å². The molecule has 0 N–H and O–H groups in total. The molecule has 21 heavy (non-hydrogen) atoms. The van der Waals surface area contributed by atoms with E-state index in [2.05, 4.69) is 27.1 Å². The fraction of sp³-hybridized carbons (Fsp3) is 0.188. The Balaban J connectivity index is 2.02. The summed E-state index contributed by atoms with van der Waals surface area (Å²) >= 11 is 5.95. The van der Waals surface area contributed by atoms with Gasteiger partial charge in [0.25, 0.3) is 0 Å². The van der Waals surface area contributed by atoms with E-state index < -0.39 is 0 Å². The maximum atomic E-state index is 5.95. The Kier molecular flexibility index (Phi) is 3.97. The molecule has 1 aromatic heterocycles. The average Bonchev–Trinajstić information content (AvgIpc) is 2.52. The molecule has 0 bridgehead atoms. The minimum absolute atomic E-state index is 0.138. The van der Waals surface area contributed by atoms with Gasteiger partial charge in [-0.25, -0.2) is 0 Å². The molecular formula is C16H14ClN3O. The second-order valence-electron chi connectivity index (χ2n) is 4.62. The Hall–Kier alpha value is -2.20. The lowest BCUT2D eigenvalue weighted by molar-refractivity contribution is 0.291. The number of rotatable bonds is 4. The topological polar surface area (TPSA) is 47.9 Å². The number of aromatic nitrogens is 3. The van der Waals surface area contributed by atoms with Crippen molar-refractivity contribution in [2.24, 2.45) is 0 Å². The van der Waals surface area contributed by atoms with E-state index in [4.69, 9.17) is 16.3 Å². The molecule has 0 fully saturated rings. The van der Waals surface area contributed by atoms with E-state index in [1.165, 1.54) is 5.39 Å². The summed E-state index contributed by atoms with van der Waals surface area (Å²) in [6, 6.07) is 14.4. The molecule has 0 aliphatic carbocycles. The average molecular weight is 300 g/mol. The molecule has 3 rings (SSSR count). The Morgan fingerprint density at radius 2 is 1.81 bits per heavy atom. The van der Waals surface area contributed by atoms with Gasteiger partial charge in [-0.1, -0.05) is 43.3 Å². The fourth-order valence-corrected chi connectivity index (χ4v) is 2.20. The van der Waals surface area contributed by atoms with E-state index in [0.717, 1.165) is 17.4 Å². The van der Waals surface area contributed by atoms with Crippen LogP contribution in [-0.2, 0) is 0 Å². The standard InChI is InChI=1S/C16H14ClN3O/c1-2-9-21-16-19-14(18-15(17)20-16)13-8-7-11-5-3-4-6-12(11)10-13/h3-8,10H,2,9H2,1H3. The maximum Gasteiger partial charge on any atom is 0.321 e. The summed E-state index contributed by atoms with van der Waals surface area (Å²) in [6.07, 6.45) is 0.884. The van der Waals surface area contributed by atoms with Gasteiger partial charge in [0.05, 0.1) is 6.61 Å². The van der Waals surface area contributed by atoms with Gasteiger partial charge >= 0.3 is 6.01 Å². The summed E-state index contributed by atoms with van der Waals surface area (Å²) in [4.78, 5) is 12.5. The van der Waals surface area contributed by atoms with Crippen LogP contribution in [0.5, 0.6) is 6.01 Å². The summed E-state index contributed by atoms with van der Waals surface area (Å²) in [5.74, 6) is 0.520. The largest absolute Gasteiger partial charge is 0.463 e. The third kappa shape index (κ3) is 3.11. The van der Waals surface area contributed by atoms with Crippen LogP contribution >= 0.6 is 11.6 Å². The predicted octanol–water partition coefficient (Wildman–Crippen LogP) is 4.13. The van der Waals surface area contributed by atoms with Gasteiger partial charge in [-0.05, 0) is 34.9 Å². The second-order valence-corrected chi connectivity index (χ2v) is 4.96. The molecule has 5 heteroatoms.